The van der Waals surface area contributed by atoms with Gasteiger partial charge in [-0.2, -0.15) is 11.8 Å². The van der Waals surface area contributed by atoms with E-state index in [2.05, 4.69) is 44.4 Å². The van der Waals surface area contributed by atoms with E-state index in [1.165, 1.54) is 12.2 Å². The first kappa shape index (κ1) is 14.4. The lowest BCUT2D eigenvalue weighted by Crippen LogP contribution is -2.49. The average Bonchev–Trinajstić information content (AvgIpc) is 2.28. The molecule has 2 rings (SSSR count). The highest BCUT2D eigenvalue weighted by Gasteiger charge is 2.35. The molecular formula is C15H27NOS. The van der Waals surface area contributed by atoms with Crippen molar-refractivity contribution < 1.29 is 4.79 Å². The zero-order chi connectivity index (χ0) is 13.3. The molecule has 0 aromatic rings. The van der Waals surface area contributed by atoms with Gasteiger partial charge in [0, 0.05) is 42.5 Å². The normalized spacial score (nSPS) is 43.1. The third-order valence-corrected chi connectivity index (χ3v) is 6.21. The predicted molar refractivity (Wildman–Crippen MR) is 79.0 cm³/mol. The third-order valence-electron chi connectivity index (χ3n) is 4.87. The molecule has 1 saturated heterocycles. The summed E-state index contributed by atoms with van der Waals surface area (Å²) in [6, 6.07) is 0.614. The quantitative estimate of drug-likeness (QED) is 0.768. The van der Waals surface area contributed by atoms with E-state index < -0.39 is 0 Å². The van der Waals surface area contributed by atoms with Crippen LogP contribution >= 0.6 is 11.8 Å². The summed E-state index contributed by atoms with van der Waals surface area (Å²) in [5, 5.41) is 0.701. The molecule has 0 spiro atoms. The number of ketones is 1. The standard InChI is InChI=1S/C15H27NOS/c1-10-7-11(2)14(15(17)8-10)9-16-5-6-18-13(4)12(16)3/h10-14H,5-9H2,1-4H3. The van der Waals surface area contributed by atoms with E-state index in [9.17, 15) is 4.79 Å². The topological polar surface area (TPSA) is 20.3 Å². The fourth-order valence-corrected chi connectivity index (χ4v) is 4.64. The van der Waals surface area contributed by atoms with E-state index >= 15 is 0 Å². The van der Waals surface area contributed by atoms with Crippen LogP contribution in [0.5, 0.6) is 0 Å². The van der Waals surface area contributed by atoms with E-state index in [-0.39, 0.29) is 0 Å². The molecule has 3 heteroatoms. The van der Waals surface area contributed by atoms with Gasteiger partial charge in [-0.3, -0.25) is 9.69 Å². The Morgan fingerprint density at radius 1 is 1.28 bits per heavy atom. The molecular weight excluding hydrogens is 242 g/mol. The van der Waals surface area contributed by atoms with Crippen molar-refractivity contribution in [2.75, 3.05) is 18.8 Å². The van der Waals surface area contributed by atoms with Gasteiger partial charge in [-0.05, 0) is 25.2 Å². The predicted octanol–water partition coefficient (Wildman–Crippen LogP) is 3.06. The van der Waals surface area contributed by atoms with Gasteiger partial charge >= 0.3 is 0 Å². The SMILES string of the molecule is CC1CC(=O)C(CN2CCSC(C)C2C)C(C)C1. The van der Waals surface area contributed by atoms with Crippen LogP contribution in [-0.4, -0.2) is 40.8 Å². The van der Waals surface area contributed by atoms with E-state index in [4.69, 9.17) is 0 Å². The number of rotatable bonds is 2. The van der Waals surface area contributed by atoms with Crippen molar-refractivity contribution in [1.82, 2.24) is 4.90 Å². The smallest absolute Gasteiger partial charge is 0.137 e. The van der Waals surface area contributed by atoms with Gasteiger partial charge in [-0.25, -0.2) is 0 Å². The van der Waals surface area contributed by atoms with Crippen LogP contribution in [0.3, 0.4) is 0 Å². The van der Waals surface area contributed by atoms with E-state index in [0.717, 1.165) is 19.5 Å². The van der Waals surface area contributed by atoms with Crippen LogP contribution < -0.4 is 0 Å². The first-order chi connectivity index (χ1) is 8.49. The van der Waals surface area contributed by atoms with Crippen LogP contribution in [0.4, 0.5) is 0 Å². The Labute approximate surface area is 116 Å². The van der Waals surface area contributed by atoms with Crippen molar-refractivity contribution >= 4 is 17.5 Å². The largest absolute Gasteiger partial charge is 0.299 e. The maximum atomic E-state index is 12.2. The molecule has 1 saturated carbocycles. The van der Waals surface area contributed by atoms with Crippen LogP contribution in [0.15, 0.2) is 0 Å². The van der Waals surface area contributed by atoms with Gasteiger partial charge in [-0.15, -0.1) is 0 Å². The van der Waals surface area contributed by atoms with Gasteiger partial charge in [-0.1, -0.05) is 20.8 Å². The van der Waals surface area contributed by atoms with Crippen molar-refractivity contribution in [3.05, 3.63) is 0 Å². The highest BCUT2D eigenvalue weighted by atomic mass is 32.2. The summed E-state index contributed by atoms with van der Waals surface area (Å²) in [5.41, 5.74) is 0. The van der Waals surface area contributed by atoms with Crippen molar-refractivity contribution in [2.45, 2.75) is 51.8 Å². The third kappa shape index (κ3) is 3.11. The molecule has 1 heterocycles. The molecule has 0 aromatic carbocycles. The molecule has 1 aliphatic heterocycles. The van der Waals surface area contributed by atoms with Crippen molar-refractivity contribution in [3.8, 4) is 0 Å². The minimum absolute atomic E-state index is 0.291. The zero-order valence-corrected chi connectivity index (χ0v) is 13.0. The number of carbonyl (C=O) groups is 1. The van der Waals surface area contributed by atoms with Crippen LogP contribution in [0, 0.1) is 17.8 Å². The zero-order valence-electron chi connectivity index (χ0n) is 12.2. The second kappa shape index (κ2) is 5.96. The summed E-state index contributed by atoms with van der Waals surface area (Å²) in [6.45, 7) is 11.3. The van der Waals surface area contributed by atoms with Gasteiger partial charge in [0.2, 0.25) is 0 Å². The molecule has 5 unspecified atom stereocenters. The molecule has 5 atom stereocenters. The number of hydrogen-bond donors (Lipinski definition) is 0. The molecule has 0 radical (unpaired) electrons. The summed E-state index contributed by atoms with van der Waals surface area (Å²) in [4.78, 5) is 14.8. The molecule has 2 fully saturated rings. The second-order valence-corrected chi connectivity index (χ2v) is 7.89. The van der Waals surface area contributed by atoms with Crippen molar-refractivity contribution in [1.29, 1.82) is 0 Å². The summed E-state index contributed by atoms with van der Waals surface area (Å²) in [7, 11) is 0. The minimum atomic E-state index is 0.291. The highest BCUT2D eigenvalue weighted by molar-refractivity contribution is 8.00. The molecule has 1 aliphatic carbocycles. The lowest BCUT2D eigenvalue weighted by atomic mass is 9.74. The Morgan fingerprint density at radius 2 is 2.00 bits per heavy atom. The fourth-order valence-electron chi connectivity index (χ4n) is 3.48. The maximum absolute atomic E-state index is 12.2. The van der Waals surface area contributed by atoms with Gasteiger partial charge in [0.05, 0.1) is 0 Å². The number of Topliss-reactive ketones (excluding diaryl/α,β-unsaturated/α-hetero) is 1. The molecule has 2 aliphatic rings. The van der Waals surface area contributed by atoms with E-state index in [0.29, 0.717) is 34.8 Å². The van der Waals surface area contributed by atoms with E-state index in [1.54, 1.807) is 0 Å². The molecule has 0 bridgehead atoms. The Kier molecular flexibility index (Phi) is 4.76. The molecule has 18 heavy (non-hydrogen) atoms. The Bertz CT molecular complexity index is 307. The summed E-state index contributed by atoms with van der Waals surface area (Å²) in [6.07, 6.45) is 2.03. The minimum Gasteiger partial charge on any atom is -0.299 e. The van der Waals surface area contributed by atoms with E-state index in [1.807, 2.05) is 0 Å². The summed E-state index contributed by atoms with van der Waals surface area (Å²) in [5.74, 6) is 3.19. The van der Waals surface area contributed by atoms with Crippen LogP contribution in [0.1, 0.15) is 40.5 Å². The average molecular weight is 269 g/mol. The first-order valence-electron chi connectivity index (χ1n) is 7.37. The van der Waals surface area contributed by atoms with Crippen molar-refractivity contribution in [2.24, 2.45) is 17.8 Å². The number of carbonyl (C=O) groups excluding carboxylic acids is 1. The molecule has 2 nitrogen and oxygen atoms in total. The first-order valence-corrected chi connectivity index (χ1v) is 8.42. The Morgan fingerprint density at radius 3 is 2.67 bits per heavy atom. The fraction of sp³-hybridized carbons (Fsp3) is 0.933. The van der Waals surface area contributed by atoms with Crippen molar-refractivity contribution in [3.63, 3.8) is 0 Å². The highest BCUT2D eigenvalue weighted by Crippen LogP contribution is 2.33. The molecule has 0 N–H and O–H groups in total. The molecule has 0 amide bonds. The van der Waals surface area contributed by atoms with Gasteiger partial charge in [0.1, 0.15) is 5.78 Å². The summed E-state index contributed by atoms with van der Waals surface area (Å²) >= 11 is 2.07. The van der Waals surface area contributed by atoms with Crippen LogP contribution in [-0.2, 0) is 4.79 Å². The van der Waals surface area contributed by atoms with Crippen LogP contribution in [0.25, 0.3) is 0 Å². The monoisotopic (exact) mass is 269 g/mol. The lowest BCUT2D eigenvalue weighted by molar-refractivity contribution is -0.128. The lowest BCUT2D eigenvalue weighted by Gasteiger charge is -2.41. The van der Waals surface area contributed by atoms with Gasteiger partial charge < -0.3 is 0 Å². The number of hydrogen-bond acceptors (Lipinski definition) is 3. The molecule has 0 aromatic heterocycles. The second-order valence-electron chi connectivity index (χ2n) is 6.41. The number of nitrogens with zero attached hydrogens (tertiary/aromatic N) is 1. The Balaban J connectivity index is 1.97. The Hall–Kier alpha value is -0.0200. The van der Waals surface area contributed by atoms with Gasteiger partial charge in [0.15, 0.2) is 0 Å². The summed E-state index contributed by atoms with van der Waals surface area (Å²) < 4.78 is 0. The maximum Gasteiger partial charge on any atom is 0.137 e. The van der Waals surface area contributed by atoms with Gasteiger partial charge in [0.25, 0.3) is 0 Å². The number of thioether (sulfide) groups is 1. The van der Waals surface area contributed by atoms with Crippen LogP contribution in [0.2, 0.25) is 0 Å². The molecule has 104 valence electrons.